The van der Waals surface area contributed by atoms with Gasteiger partial charge in [0.05, 0.1) is 19.8 Å². The van der Waals surface area contributed by atoms with Gasteiger partial charge in [-0.2, -0.15) is 0 Å². The molecule has 0 aromatic rings. The molecule has 2 aliphatic rings. The van der Waals surface area contributed by atoms with E-state index in [1.807, 2.05) is 0 Å². The van der Waals surface area contributed by atoms with Crippen LogP contribution in [0.4, 0.5) is 0 Å². The van der Waals surface area contributed by atoms with E-state index in [9.17, 15) is 4.79 Å². The fraction of sp³-hybridized carbons (Fsp3) is 0.900. The Kier molecular flexibility index (Phi) is 3.94. The molecule has 0 saturated carbocycles. The molecule has 0 bridgehead atoms. The lowest BCUT2D eigenvalue weighted by Gasteiger charge is -2.27. The summed E-state index contributed by atoms with van der Waals surface area (Å²) in [4.78, 5) is 13.6. The van der Waals surface area contributed by atoms with E-state index in [2.05, 4.69) is 10.2 Å². The van der Waals surface area contributed by atoms with Crippen LogP contribution in [0.2, 0.25) is 0 Å². The number of rotatable bonds is 3. The van der Waals surface area contributed by atoms with Crippen LogP contribution in [0.3, 0.4) is 0 Å². The first kappa shape index (κ1) is 10.9. The first-order valence-corrected chi connectivity index (χ1v) is 5.55. The summed E-state index contributed by atoms with van der Waals surface area (Å²) in [6, 6.07) is 0. The van der Waals surface area contributed by atoms with Gasteiger partial charge in [-0.1, -0.05) is 0 Å². The van der Waals surface area contributed by atoms with Crippen molar-refractivity contribution in [1.29, 1.82) is 0 Å². The van der Waals surface area contributed by atoms with Gasteiger partial charge in [0.1, 0.15) is 6.10 Å². The Morgan fingerprint density at radius 2 is 2.27 bits per heavy atom. The molecule has 1 N–H and O–H groups in total. The van der Waals surface area contributed by atoms with Crippen LogP contribution in [-0.4, -0.2) is 62.9 Å². The van der Waals surface area contributed by atoms with Crippen molar-refractivity contribution in [2.24, 2.45) is 0 Å². The predicted molar refractivity (Wildman–Crippen MR) is 54.6 cm³/mol. The van der Waals surface area contributed by atoms with E-state index in [0.717, 1.165) is 32.6 Å². The second-order valence-electron chi connectivity index (χ2n) is 4.03. The molecule has 0 unspecified atom stereocenters. The molecule has 2 rings (SSSR count). The van der Waals surface area contributed by atoms with Crippen molar-refractivity contribution in [1.82, 2.24) is 10.2 Å². The minimum atomic E-state index is -0.120. The molecule has 0 atom stereocenters. The summed E-state index contributed by atoms with van der Waals surface area (Å²) >= 11 is 0. The topological polar surface area (TPSA) is 50.8 Å². The fourth-order valence-corrected chi connectivity index (χ4v) is 1.75. The predicted octanol–water partition coefficient (Wildman–Crippen LogP) is -0.776. The third-order valence-electron chi connectivity index (χ3n) is 2.69. The Bertz CT molecular complexity index is 211. The Labute approximate surface area is 89.7 Å². The summed E-state index contributed by atoms with van der Waals surface area (Å²) in [6.07, 6.45) is 1.10. The number of hydrogen-bond donors (Lipinski definition) is 1. The van der Waals surface area contributed by atoms with Crippen LogP contribution in [0.5, 0.6) is 0 Å². The molecule has 0 aromatic heterocycles. The van der Waals surface area contributed by atoms with E-state index >= 15 is 0 Å². The van der Waals surface area contributed by atoms with Gasteiger partial charge in [-0.15, -0.1) is 0 Å². The highest BCUT2D eigenvalue weighted by Crippen LogP contribution is 2.06. The lowest BCUT2D eigenvalue weighted by molar-refractivity contribution is -0.173. The summed E-state index contributed by atoms with van der Waals surface area (Å²) in [7, 11) is 0. The first-order chi connectivity index (χ1) is 7.34. The van der Waals surface area contributed by atoms with Gasteiger partial charge in [0, 0.05) is 13.1 Å². The number of carbonyl (C=O) groups excluding carboxylic acids is 1. The number of nitrogens with zero attached hydrogens (tertiary/aromatic N) is 1. The molecule has 0 aliphatic carbocycles. The smallest absolute Gasteiger partial charge is 0.320 e. The molecular weight excluding hydrogens is 196 g/mol. The molecule has 2 aliphatic heterocycles. The normalized spacial score (nSPS) is 24.3. The average molecular weight is 214 g/mol. The van der Waals surface area contributed by atoms with Gasteiger partial charge in [0.25, 0.3) is 0 Å². The van der Waals surface area contributed by atoms with E-state index in [0.29, 0.717) is 19.8 Å². The van der Waals surface area contributed by atoms with Crippen LogP contribution in [0, 0.1) is 0 Å². The molecule has 0 aromatic carbocycles. The Morgan fingerprint density at radius 3 is 3.00 bits per heavy atom. The number of hydrogen-bond acceptors (Lipinski definition) is 5. The Morgan fingerprint density at radius 1 is 1.40 bits per heavy atom. The van der Waals surface area contributed by atoms with Crippen LogP contribution in [-0.2, 0) is 14.3 Å². The van der Waals surface area contributed by atoms with Crippen molar-refractivity contribution in [2.75, 3.05) is 45.9 Å². The average Bonchev–Trinajstić information content (AvgIpc) is 2.40. The highest BCUT2D eigenvalue weighted by molar-refractivity contribution is 5.71. The van der Waals surface area contributed by atoms with Crippen LogP contribution < -0.4 is 5.32 Å². The lowest BCUT2D eigenvalue weighted by atomic mass is 10.3. The number of carbonyl (C=O) groups is 1. The Hall–Kier alpha value is -0.650. The largest absolute Gasteiger partial charge is 0.456 e. The number of esters is 1. The van der Waals surface area contributed by atoms with Gasteiger partial charge in [0.2, 0.25) is 0 Å². The molecule has 2 fully saturated rings. The monoisotopic (exact) mass is 214 g/mol. The maximum atomic E-state index is 11.5. The summed E-state index contributed by atoms with van der Waals surface area (Å²) in [5, 5.41) is 3.30. The molecule has 2 heterocycles. The van der Waals surface area contributed by atoms with E-state index in [1.165, 1.54) is 0 Å². The number of nitrogens with one attached hydrogen (secondary N) is 1. The number of ether oxygens (including phenoxy) is 2. The van der Waals surface area contributed by atoms with Gasteiger partial charge in [-0.25, -0.2) is 0 Å². The highest BCUT2D eigenvalue weighted by atomic mass is 16.6. The third-order valence-corrected chi connectivity index (χ3v) is 2.69. The molecule has 0 spiro atoms. The van der Waals surface area contributed by atoms with Crippen molar-refractivity contribution in [3.63, 3.8) is 0 Å². The molecular formula is C10H18N2O3. The SMILES string of the molecule is O=C(CN1CCCNCC1)OC1COC1. The Balaban J connectivity index is 1.67. The van der Waals surface area contributed by atoms with Crippen molar-refractivity contribution in [3.8, 4) is 0 Å². The highest BCUT2D eigenvalue weighted by Gasteiger charge is 2.23. The minimum absolute atomic E-state index is 0.00241. The summed E-state index contributed by atoms with van der Waals surface area (Å²) in [5.74, 6) is -0.120. The molecule has 15 heavy (non-hydrogen) atoms. The van der Waals surface area contributed by atoms with Crippen molar-refractivity contribution >= 4 is 5.97 Å². The second-order valence-corrected chi connectivity index (χ2v) is 4.03. The maximum Gasteiger partial charge on any atom is 0.320 e. The molecule has 5 nitrogen and oxygen atoms in total. The van der Waals surface area contributed by atoms with Gasteiger partial charge in [-0.3, -0.25) is 9.69 Å². The van der Waals surface area contributed by atoms with Gasteiger partial charge in [0.15, 0.2) is 0 Å². The fourth-order valence-electron chi connectivity index (χ4n) is 1.75. The standard InChI is InChI=1S/C10H18N2O3/c13-10(15-9-7-14-8-9)6-12-4-1-2-11-3-5-12/h9,11H,1-8H2. The lowest BCUT2D eigenvalue weighted by Crippen LogP contribution is -2.41. The molecule has 2 saturated heterocycles. The van der Waals surface area contributed by atoms with Crippen LogP contribution in [0.1, 0.15) is 6.42 Å². The van der Waals surface area contributed by atoms with E-state index in [4.69, 9.17) is 9.47 Å². The molecule has 5 heteroatoms. The summed E-state index contributed by atoms with van der Waals surface area (Å²) in [5.41, 5.74) is 0. The second kappa shape index (κ2) is 5.44. The third kappa shape index (κ3) is 3.44. The zero-order valence-electron chi connectivity index (χ0n) is 8.91. The van der Waals surface area contributed by atoms with Crippen molar-refractivity contribution in [2.45, 2.75) is 12.5 Å². The maximum absolute atomic E-state index is 11.5. The van der Waals surface area contributed by atoms with Crippen molar-refractivity contribution in [3.05, 3.63) is 0 Å². The first-order valence-electron chi connectivity index (χ1n) is 5.55. The van der Waals surface area contributed by atoms with E-state index in [1.54, 1.807) is 0 Å². The quantitative estimate of drug-likeness (QED) is 0.625. The van der Waals surface area contributed by atoms with Crippen molar-refractivity contribution < 1.29 is 14.3 Å². The van der Waals surface area contributed by atoms with E-state index < -0.39 is 0 Å². The van der Waals surface area contributed by atoms with Gasteiger partial charge < -0.3 is 14.8 Å². The van der Waals surface area contributed by atoms with Crippen LogP contribution in [0.15, 0.2) is 0 Å². The zero-order chi connectivity index (χ0) is 10.5. The summed E-state index contributed by atoms with van der Waals surface area (Å²) in [6.45, 7) is 5.44. The zero-order valence-corrected chi connectivity index (χ0v) is 8.91. The van der Waals surface area contributed by atoms with Gasteiger partial charge in [-0.05, 0) is 19.5 Å². The van der Waals surface area contributed by atoms with Crippen LogP contribution in [0.25, 0.3) is 0 Å². The van der Waals surface area contributed by atoms with E-state index in [-0.39, 0.29) is 12.1 Å². The molecule has 86 valence electrons. The summed E-state index contributed by atoms with van der Waals surface area (Å²) < 4.78 is 10.1. The van der Waals surface area contributed by atoms with Crippen LogP contribution >= 0.6 is 0 Å². The van der Waals surface area contributed by atoms with Gasteiger partial charge >= 0.3 is 5.97 Å². The minimum Gasteiger partial charge on any atom is -0.456 e. The molecule has 0 amide bonds. The molecule has 0 radical (unpaired) electrons.